The molecule has 1 atom stereocenters. The molecular formula is C21H36O2. The van der Waals surface area contributed by atoms with E-state index in [1.807, 2.05) is 6.92 Å². The largest absolute Gasteiger partial charge is 0.466 e. The number of unbranched alkanes of at least 4 members (excludes halogenated alkanes) is 2. The van der Waals surface area contributed by atoms with Crippen molar-refractivity contribution in [2.75, 3.05) is 6.61 Å². The lowest BCUT2D eigenvalue weighted by atomic mass is 10.0. The fourth-order valence-corrected chi connectivity index (χ4v) is 2.27. The first-order valence-electron chi connectivity index (χ1n) is 9.31. The van der Waals surface area contributed by atoms with Crippen molar-refractivity contribution in [2.45, 2.75) is 78.6 Å². The van der Waals surface area contributed by atoms with Gasteiger partial charge in [-0.05, 0) is 64.2 Å². The first kappa shape index (κ1) is 21.7. The molecule has 23 heavy (non-hydrogen) atoms. The predicted molar refractivity (Wildman–Crippen MR) is 100 cm³/mol. The second-order valence-electron chi connectivity index (χ2n) is 6.03. The van der Waals surface area contributed by atoms with Gasteiger partial charge in [-0.1, -0.05) is 50.3 Å². The van der Waals surface area contributed by atoms with Gasteiger partial charge in [-0.2, -0.15) is 0 Å². The third kappa shape index (κ3) is 16.9. The lowest BCUT2D eigenvalue weighted by Gasteiger charge is -2.05. The highest BCUT2D eigenvalue weighted by molar-refractivity contribution is 5.69. The summed E-state index contributed by atoms with van der Waals surface area (Å²) < 4.78 is 4.91. The third-order valence-electron chi connectivity index (χ3n) is 3.68. The second kappa shape index (κ2) is 17.1. The average Bonchev–Trinajstić information content (AvgIpc) is 2.53. The fraction of sp³-hybridized carbons (Fsp3) is 0.667. The van der Waals surface area contributed by atoms with Gasteiger partial charge in [-0.3, -0.25) is 4.79 Å². The molecule has 0 aliphatic rings. The van der Waals surface area contributed by atoms with Crippen LogP contribution in [0.5, 0.6) is 0 Å². The summed E-state index contributed by atoms with van der Waals surface area (Å²) in [6.07, 6.45) is 22.9. The lowest BCUT2D eigenvalue weighted by Crippen LogP contribution is -2.02. The molecule has 0 fully saturated rings. The molecule has 0 heterocycles. The zero-order chi connectivity index (χ0) is 17.2. The van der Waals surface area contributed by atoms with Gasteiger partial charge in [0.1, 0.15) is 0 Å². The number of allylic oxidation sites excluding steroid dienone is 6. The van der Waals surface area contributed by atoms with Crippen LogP contribution < -0.4 is 0 Å². The molecule has 0 amide bonds. The number of esters is 1. The molecule has 0 aromatic carbocycles. The minimum absolute atomic E-state index is 0.0664. The molecule has 0 aliphatic carbocycles. The SMILES string of the molecule is CC/C=C\C/C=C\CCC(C)C/C=C\CCCCC(=O)OCC. The molecule has 0 rings (SSSR count). The van der Waals surface area contributed by atoms with Crippen LogP contribution in [0.1, 0.15) is 78.6 Å². The van der Waals surface area contributed by atoms with Crippen molar-refractivity contribution in [3.63, 3.8) is 0 Å². The summed E-state index contributed by atoms with van der Waals surface area (Å²) in [5.41, 5.74) is 0. The maximum Gasteiger partial charge on any atom is 0.305 e. The van der Waals surface area contributed by atoms with E-state index >= 15 is 0 Å². The molecule has 0 aromatic heterocycles. The zero-order valence-corrected chi connectivity index (χ0v) is 15.4. The van der Waals surface area contributed by atoms with Crippen molar-refractivity contribution in [3.05, 3.63) is 36.5 Å². The number of carbonyl (C=O) groups is 1. The van der Waals surface area contributed by atoms with Gasteiger partial charge in [0.15, 0.2) is 0 Å². The molecular weight excluding hydrogens is 284 g/mol. The number of hydrogen-bond donors (Lipinski definition) is 0. The zero-order valence-electron chi connectivity index (χ0n) is 15.4. The standard InChI is InChI=1S/C21H36O2/c1-4-6-7-8-9-11-14-17-20(3)18-15-12-10-13-16-19-21(22)23-5-2/h6-7,9,11-12,15,20H,4-5,8,10,13-14,16-19H2,1-3H3/b7-6-,11-9-,15-12-. The van der Waals surface area contributed by atoms with E-state index in [1.165, 1.54) is 12.8 Å². The van der Waals surface area contributed by atoms with Crippen molar-refractivity contribution < 1.29 is 9.53 Å². The maximum atomic E-state index is 11.2. The monoisotopic (exact) mass is 320 g/mol. The van der Waals surface area contributed by atoms with Gasteiger partial charge in [-0.15, -0.1) is 0 Å². The van der Waals surface area contributed by atoms with E-state index in [1.54, 1.807) is 0 Å². The van der Waals surface area contributed by atoms with Crippen LogP contribution in [0.2, 0.25) is 0 Å². The molecule has 0 saturated heterocycles. The molecule has 0 saturated carbocycles. The van der Waals surface area contributed by atoms with Crippen LogP contribution in [0.25, 0.3) is 0 Å². The van der Waals surface area contributed by atoms with Crippen LogP contribution in [0, 0.1) is 5.92 Å². The maximum absolute atomic E-state index is 11.2. The van der Waals surface area contributed by atoms with Gasteiger partial charge < -0.3 is 4.74 Å². The van der Waals surface area contributed by atoms with Gasteiger partial charge in [0.2, 0.25) is 0 Å². The van der Waals surface area contributed by atoms with Crippen molar-refractivity contribution in [2.24, 2.45) is 5.92 Å². The normalized spacial score (nSPS) is 13.3. The van der Waals surface area contributed by atoms with Gasteiger partial charge in [-0.25, -0.2) is 0 Å². The van der Waals surface area contributed by atoms with Crippen LogP contribution in [-0.2, 0) is 9.53 Å². The summed E-state index contributed by atoms with van der Waals surface area (Å²) in [7, 11) is 0. The quantitative estimate of drug-likeness (QED) is 0.211. The highest BCUT2D eigenvalue weighted by atomic mass is 16.5. The fourth-order valence-electron chi connectivity index (χ4n) is 2.27. The summed E-state index contributed by atoms with van der Waals surface area (Å²) in [4.78, 5) is 11.2. The summed E-state index contributed by atoms with van der Waals surface area (Å²) in [6.45, 7) is 6.81. The molecule has 0 aliphatic heterocycles. The van der Waals surface area contributed by atoms with E-state index in [-0.39, 0.29) is 5.97 Å². The van der Waals surface area contributed by atoms with Crippen LogP contribution in [0.15, 0.2) is 36.5 Å². The highest BCUT2D eigenvalue weighted by Gasteiger charge is 2.00. The summed E-state index contributed by atoms with van der Waals surface area (Å²) in [5.74, 6) is 0.671. The number of carbonyl (C=O) groups excluding carboxylic acids is 1. The van der Waals surface area contributed by atoms with Crippen LogP contribution in [0.3, 0.4) is 0 Å². The van der Waals surface area contributed by atoms with Gasteiger partial charge in [0.25, 0.3) is 0 Å². The molecule has 0 spiro atoms. The number of hydrogen-bond acceptors (Lipinski definition) is 2. The minimum Gasteiger partial charge on any atom is -0.466 e. The molecule has 0 aromatic rings. The average molecular weight is 321 g/mol. The van der Waals surface area contributed by atoms with E-state index in [0.717, 1.165) is 44.4 Å². The Morgan fingerprint density at radius 2 is 1.70 bits per heavy atom. The topological polar surface area (TPSA) is 26.3 Å². The lowest BCUT2D eigenvalue weighted by molar-refractivity contribution is -0.143. The Hall–Kier alpha value is -1.31. The third-order valence-corrected chi connectivity index (χ3v) is 3.68. The van der Waals surface area contributed by atoms with Crippen molar-refractivity contribution in [1.82, 2.24) is 0 Å². The Kier molecular flexibility index (Phi) is 16.1. The Morgan fingerprint density at radius 3 is 2.43 bits per heavy atom. The van der Waals surface area contributed by atoms with E-state index in [4.69, 9.17) is 4.74 Å². The van der Waals surface area contributed by atoms with Crippen molar-refractivity contribution in [1.29, 1.82) is 0 Å². The Balaban J connectivity index is 3.48. The van der Waals surface area contributed by atoms with E-state index < -0.39 is 0 Å². The second-order valence-corrected chi connectivity index (χ2v) is 6.03. The van der Waals surface area contributed by atoms with Gasteiger partial charge >= 0.3 is 5.97 Å². The van der Waals surface area contributed by atoms with Crippen LogP contribution in [-0.4, -0.2) is 12.6 Å². The Labute approximate surface area is 143 Å². The summed E-state index contributed by atoms with van der Waals surface area (Å²) in [6, 6.07) is 0. The minimum atomic E-state index is -0.0664. The number of rotatable bonds is 14. The Bertz CT molecular complexity index is 353. The van der Waals surface area contributed by atoms with Gasteiger partial charge in [0.05, 0.1) is 6.61 Å². The van der Waals surface area contributed by atoms with Gasteiger partial charge in [0, 0.05) is 6.42 Å². The molecule has 0 N–H and O–H groups in total. The molecule has 1 unspecified atom stereocenters. The smallest absolute Gasteiger partial charge is 0.305 e. The first-order valence-corrected chi connectivity index (χ1v) is 9.31. The summed E-state index contributed by atoms with van der Waals surface area (Å²) in [5, 5.41) is 0. The molecule has 0 radical (unpaired) electrons. The van der Waals surface area contributed by atoms with Crippen molar-refractivity contribution >= 4 is 5.97 Å². The van der Waals surface area contributed by atoms with E-state index in [2.05, 4.69) is 50.3 Å². The first-order chi connectivity index (χ1) is 11.2. The molecule has 132 valence electrons. The van der Waals surface area contributed by atoms with Crippen LogP contribution in [0.4, 0.5) is 0 Å². The summed E-state index contributed by atoms with van der Waals surface area (Å²) >= 11 is 0. The molecule has 0 bridgehead atoms. The molecule has 2 nitrogen and oxygen atoms in total. The molecule has 2 heteroatoms. The number of ether oxygens (including phenoxy) is 1. The highest BCUT2D eigenvalue weighted by Crippen LogP contribution is 2.12. The Morgan fingerprint density at radius 1 is 0.957 bits per heavy atom. The van der Waals surface area contributed by atoms with E-state index in [0.29, 0.717) is 13.0 Å². The van der Waals surface area contributed by atoms with E-state index in [9.17, 15) is 4.79 Å². The predicted octanol–water partition coefficient (Wildman–Crippen LogP) is 6.39. The van der Waals surface area contributed by atoms with Crippen molar-refractivity contribution in [3.8, 4) is 0 Å². The van der Waals surface area contributed by atoms with Crippen LogP contribution >= 0.6 is 0 Å².